The number of aldehydes is 1. The van der Waals surface area contributed by atoms with E-state index in [1.165, 1.54) is 0 Å². The van der Waals surface area contributed by atoms with E-state index in [0.29, 0.717) is 17.9 Å². The molecule has 0 radical (unpaired) electrons. The number of esters is 1. The highest BCUT2D eigenvalue weighted by Crippen LogP contribution is 2.11. The molecule has 1 saturated heterocycles. The van der Waals surface area contributed by atoms with Gasteiger partial charge in [-0.3, -0.25) is 4.79 Å². The summed E-state index contributed by atoms with van der Waals surface area (Å²) >= 11 is 0. The van der Waals surface area contributed by atoms with Crippen LogP contribution >= 0.6 is 0 Å². The average molecular weight is 236 g/mol. The number of rotatable bonds is 6. The number of epoxide rings is 1. The van der Waals surface area contributed by atoms with Crippen LogP contribution in [0.2, 0.25) is 0 Å². The lowest BCUT2D eigenvalue weighted by Crippen LogP contribution is -2.17. The largest absolute Gasteiger partial charge is 0.482 e. The molecule has 1 atom stereocenters. The molecule has 0 aromatic heterocycles. The summed E-state index contributed by atoms with van der Waals surface area (Å²) in [5.41, 5.74) is 0.561. The zero-order valence-corrected chi connectivity index (χ0v) is 9.13. The van der Waals surface area contributed by atoms with Gasteiger partial charge in [0.25, 0.3) is 0 Å². The third-order valence-corrected chi connectivity index (χ3v) is 2.21. The lowest BCUT2D eigenvalue weighted by molar-refractivity contribution is -0.146. The van der Waals surface area contributed by atoms with Crippen molar-refractivity contribution in [2.75, 3.05) is 19.8 Å². The van der Waals surface area contributed by atoms with Crippen molar-refractivity contribution in [3.8, 4) is 5.75 Å². The zero-order valence-electron chi connectivity index (χ0n) is 9.13. The molecule has 0 N–H and O–H groups in total. The number of hydrogen-bond acceptors (Lipinski definition) is 5. The molecule has 1 aliphatic heterocycles. The van der Waals surface area contributed by atoms with E-state index in [2.05, 4.69) is 0 Å². The second-order valence-electron chi connectivity index (χ2n) is 3.61. The van der Waals surface area contributed by atoms with Crippen molar-refractivity contribution in [2.24, 2.45) is 0 Å². The first-order chi connectivity index (χ1) is 8.28. The SMILES string of the molecule is O=Cc1ccc(OCC(=O)OCC2CO2)cc1. The maximum atomic E-state index is 11.2. The Bertz CT molecular complexity index is 394. The third kappa shape index (κ3) is 3.88. The summed E-state index contributed by atoms with van der Waals surface area (Å²) in [5, 5.41) is 0. The topological polar surface area (TPSA) is 65.1 Å². The van der Waals surface area contributed by atoms with Crippen molar-refractivity contribution < 1.29 is 23.8 Å². The molecule has 1 aromatic carbocycles. The van der Waals surface area contributed by atoms with Crippen molar-refractivity contribution in [1.82, 2.24) is 0 Å². The zero-order chi connectivity index (χ0) is 12.1. The van der Waals surface area contributed by atoms with Crippen LogP contribution in [0.5, 0.6) is 5.75 Å². The van der Waals surface area contributed by atoms with Gasteiger partial charge in [0, 0.05) is 5.56 Å². The first kappa shape index (κ1) is 11.6. The van der Waals surface area contributed by atoms with Crippen LogP contribution < -0.4 is 4.74 Å². The van der Waals surface area contributed by atoms with E-state index in [1.54, 1.807) is 24.3 Å². The molecule has 0 spiro atoms. The van der Waals surface area contributed by atoms with E-state index < -0.39 is 5.97 Å². The van der Waals surface area contributed by atoms with Crippen LogP contribution in [0.25, 0.3) is 0 Å². The van der Waals surface area contributed by atoms with Gasteiger partial charge in [-0.15, -0.1) is 0 Å². The Labute approximate surface area is 98.3 Å². The lowest BCUT2D eigenvalue weighted by atomic mass is 10.2. The van der Waals surface area contributed by atoms with Gasteiger partial charge in [0.05, 0.1) is 6.61 Å². The highest BCUT2D eigenvalue weighted by molar-refractivity contribution is 5.75. The van der Waals surface area contributed by atoms with E-state index in [9.17, 15) is 9.59 Å². The van der Waals surface area contributed by atoms with Crippen LogP contribution in [0, 0.1) is 0 Å². The predicted octanol–water partition coefficient (Wildman–Crippen LogP) is 0.820. The van der Waals surface area contributed by atoms with Gasteiger partial charge in [-0.05, 0) is 24.3 Å². The molecule has 1 heterocycles. The molecule has 1 aliphatic rings. The van der Waals surface area contributed by atoms with Crippen molar-refractivity contribution in [3.63, 3.8) is 0 Å². The van der Waals surface area contributed by atoms with E-state index in [-0.39, 0.29) is 19.3 Å². The van der Waals surface area contributed by atoms with Crippen LogP contribution in [0.3, 0.4) is 0 Å². The minimum Gasteiger partial charge on any atom is -0.482 e. The molecule has 0 aliphatic carbocycles. The van der Waals surface area contributed by atoms with Crippen molar-refractivity contribution in [3.05, 3.63) is 29.8 Å². The van der Waals surface area contributed by atoms with Crippen LogP contribution in [0.1, 0.15) is 10.4 Å². The van der Waals surface area contributed by atoms with Crippen LogP contribution in [-0.4, -0.2) is 38.2 Å². The summed E-state index contributed by atoms with van der Waals surface area (Å²) in [6.07, 6.45) is 0.805. The maximum Gasteiger partial charge on any atom is 0.344 e. The van der Waals surface area contributed by atoms with E-state index in [0.717, 1.165) is 6.29 Å². The fourth-order valence-corrected chi connectivity index (χ4v) is 1.18. The van der Waals surface area contributed by atoms with Gasteiger partial charge in [-0.1, -0.05) is 0 Å². The fraction of sp³-hybridized carbons (Fsp3) is 0.333. The number of carbonyl (C=O) groups is 2. The first-order valence-corrected chi connectivity index (χ1v) is 5.23. The number of hydrogen-bond donors (Lipinski definition) is 0. The van der Waals surface area contributed by atoms with Gasteiger partial charge in [-0.2, -0.15) is 0 Å². The molecule has 5 nitrogen and oxygen atoms in total. The summed E-state index contributed by atoms with van der Waals surface area (Å²) in [4.78, 5) is 21.6. The lowest BCUT2D eigenvalue weighted by Gasteiger charge is -2.05. The van der Waals surface area contributed by atoms with E-state index in [1.807, 2.05) is 0 Å². The van der Waals surface area contributed by atoms with Gasteiger partial charge >= 0.3 is 5.97 Å². The predicted molar refractivity (Wildman–Crippen MR) is 58.0 cm³/mol. The standard InChI is InChI=1S/C12H12O5/c13-5-9-1-3-10(4-2-9)16-8-12(14)17-7-11-6-15-11/h1-5,11H,6-8H2. The van der Waals surface area contributed by atoms with Gasteiger partial charge in [0.2, 0.25) is 0 Å². The molecule has 0 saturated carbocycles. The molecular formula is C12H12O5. The summed E-state index contributed by atoms with van der Waals surface area (Å²) in [5.74, 6) is 0.0928. The monoisotopic (exact) mass is 236 g/mol. The smallest absolute Gasteiger partial charge is 0.344 e. The highest BCUT2D eigenvalue weighted by atomic mass is 16.6. The second-order valence-corrected chi connectivity index (χ2v) is 3.61. The molecule has 5 heteroatoms. The average Bonchev–Trinajstić information content (AvgIpc) is 3.18. The Balaban J connectivity index is 1.71. The van der Waals surface area contributed by atoms with E-state index >= 15 is 0 Å². The summed E-state index contributed by atoms with van der Waals surface area (Å²) < 4.78 is 15.0. The van der Waals surface area contributed by atoms with Gasteiger partial charge in [0.1, 0.15) is 24.7 Å². The van der Waals surface area contributed by atoms with E-state index in [4.69, 9.17) is 14.2 Å². The minimum atomic E-state index is -0.431. The van der Waals surface area contributed by atoms with Crippen LogP contribution in [0.4, 0.5) is 0 Å². The molecule has 0 bridgehead atoms. The normalized spacial score (nSPS) is 17.3. The summed E-state index contributed by atoms with van der Waals surface area (Å²) in [6, 6.07) is 6.49. The molecule has 1 fully saturated rings. The number of ether oxygens (including phenoxy) is 3. The van der Waals surface area contributed by atoms with Crippen molar-refractivity contribution >= 4 is 12.3 Å². The van der Waals surface area contributed by atoms with Crippen LogP contribution in [-0.2, 0) is 14.3 Å². The molecule has 1 aromatic rings. The molecule has 17 heavy (non-hydrogen) atoms. The summed E-state index contributed by atoms with van der Waals surface area (Å²) in [6.45, 7) is 0.792. The Morgan fingerprint density at radius 2 is 2.12 bits per heavy atom. The second kappa shape index (κ2) is 5.45. The molecule has 90 valence electrons. The van der Waals surface area contributed by atoms with Crippen LogP contribution in [0.15, 0.2) is 24.3 Å². The fourth-order valence-electron chi connectivity index (χ4n) is 1.18. The third-order valence-electron chi connectivity index (χ3n) is 2.21. The minimum absolute atomic E-state index is 0.0609. The maximum absolute atomic E-state index is 11.2. The Morgan fingerprint density at radius 3 is 2.71 bits per heavy atom. The van der Waals surface area contributed by atoms with Crippen molar-refractivity contribution in [1.29, 1.82) is 0 Å². The molecule has 2 rings (SSSR count). The van der Waals surface area contributed by atoms with Crippen molar-refractivity contribution in [2.45, 2.75) is 6.10 Å². The van der Waals surface area contributed by atoms with Gasteiger partial charge in [-0.25, -0.2) is 4.79 Å². The highest BCUT2D eigenvalue weighted by Gasteiger charge is 2.24. The Morgan fingerprint density at radius 1 is 1.41 bits per heavy atom. The Kier molecular flexibility index (Phi) is 3.72. The summed E-state index contributed by atoms with van der Waals surface area (Å²) in [7, 11) is 0. The van der Waals surface area contributed by atoms with Gasteiger partial charge in [0.15, 0.2) is 6.61 Å². The number of carbonyl (C=O) groups excluding carboxylic acids is 2. The quantitative estimate of drug-likeness (QED) is 0.415. The Hall–Kier alpha value is -1.88. The first-order valence-electron chi connectivity index (χ1n) is 5.23. The molecule has 1 unspecified atom stereocenters. The number of benzene rings is 1. The van der Waals surface area contributed by atoms with Gasteiger partial charge < -0.3 is 14.2 Å². The molecular weight excluding hydrogens is 224 g/mol. The molecule has 0 amide bonds.